The van der Waals surface area contributed by atoms with Crippen LogP contribution >= 0.6 is 11.6 Å². The molecule has 1 saturated carbocycles. The molecule has 6 heteroatoms. The summed E-state index contributed by atoms with van der Waals surface area (Å²) in [5.41, 5.74) is -0.915. The molecule has 1 aliphatic carbocycles. The van der Waals surface area contributed by atoms with Crippen LogP contribution < -0.4 is 5.32 Å². The van der Waals surface area contributed by atoms with Crippen LogP contribution in [0.1, 0.15) is 96.8 Å². The van der Waals surface area contributed by atoms with E-state index in [1.165, 1.54) is 51.4 Å². The summed E-state index contributed by atoms with van der Waals surface area (Å²) >= 11 is 5.52. The smallest absolute Gasteiger partial charge is 0.408 e. The number of hydrogen-bond donors (Lipinski definition) is 1. The van der Waals surface area contributed by atoms with E-state index in [4.69, 9.17) is 21.1 Å². The van der Waals surface area contributed by atoms with Crippen molar-refractivity contribution in [1.29, 1.82) is 0 Å². The molecule has 1 amide bonds. The average molecular weight is 404 g/mol. The zero-order valence-corrected chi connectivity index (χ0v) is 17.8. The molecule has 0 aliphatic heterocycles. The van der Waals surface area contributed by atoms with E-state index < -0.39 is 11.6 Å². The molecule has 1 aliphatic rings. The summed E-state index contributed by atoms with van der Waals surface area (Å²) in [6.45, 7) is 2.80. The van der Waals surface area contributed by atoms with Crippen molar-refractivity contribution in [2.45, 2.75) is 102 Å². The third kappa shape index (κ3) is 10.2. The molecule has 0 unspecified atom stereocenters. The molecular formula is C21H38ClNO4. The van der Waals surface area contributed by atoms with Crippen LogP contribution in [0.2, 0.25) is 0 Å². The van der Waals surface area contributed by atoms with Crippen molar-refractivity contribution in [3.05, 3.63) is 0 Å². The Hall–Kier alpha value is -0.970. The Bertz CT molecular complexity index is 411. The number of ether oxygens (including phenoxy) is 2. The van der Waals surface area contributed by atoms with E-state index in [2.05, 4.69) is 12.2 Å². The second-order valence-corrected chi connectivity index (χ2v) is 7.93. The predicted octanol–water partition coefficient (Wildman–Crippen LogP) is 5.73. The van der Waals surface area contributed by atoms with Crippen molar-refractivity contribution in [2.75, 3.05) is 19.1 Å². The van der Waals surface area contributed by atoms with Crippen molar-refractivity contribution in [2.24, 2.45) is 0 Å². The zero-order chi connectivity index (χ0) is 19.8. The first-order valence-corrected chi connectivity index (χ1v) is 11.4. The summed E-state index contributed by atoms with van der Waals surface area (Å²) < 4.78 is 10.4. The molecule has 27 heavy (non-hydrogen) atoms. The van der Waals surface area contributed by atoms with Crippen molar-refractivity contribution in [1.82, 2.24) is 5.32 Å². The van der Waals surface area contributed by atoms with Crippen LogP contribution in [0, 0.1) is 0 Å². The van der Waals surface area contributed by atoms with Crippen LogP contribution in [-0.2, 0) is 14.3 Å². The molecule has 0 heterocycles. The van der Waals surface area contributed by atoms with Gasteiger partial charge in [0.1, 0.15) is 12.1 Å². The normalized spacial score (nSPS) is 15.5. The molecule has 1 N–H and O–H groups in total. The minimum atomic E-state index is -0.915. The van der Waals surface area contributed by atoms with Crippen molar-refractivity contribution < 1.29 is 19.1 Å². The van der Waals surface area contributed by atoms with E-state index in [1.807, 2.05) is 0 Å². The molecule has 0 aromatic rings. The Morgan fingerprint density at radius 2 is 1.41 bits per heavy atom. The van der Waals surface area contributed by atoms with E-state index in [0.29, 0.717) is 19.4 Å². The summed E-state index contributed by atoms with van der Waals surface area (Å²) in [6.07, 6.45) is 14.9. The molecule has 1 rings (SSSR count). The molecule has 0 atom stereocenters. The van der Waals surface area contributed by atoms with Crippen LogP contribution in [-0.4, -0.2) is 36.7 Å². The number of rotatable bonds is 15. The highest BCUT2D eigenvalue weighted by atomic mass is 35.5. The van der Waals surface area contributed by atoms with Gasteiger partial charge in [0.05, 0.1) is 12.5 Å². The molecular weight excluding hydrogens is 366 g/mol. The molecule has 0 radical (unpaired) electrons. The van der Waals surface area contributed by atoms with Gasteiger partial charge in [0.2, 0.25) is 0 Å². The third-order valence-corrected chi connectivity index (χ3v) is 5.38. The largest absolute Gasteiger partial charge is 0.464 e. The first-order chi connectivity index (χ1) is 13.1. The highest BCUT2D eigenvalue weighted by molar-refractivity contribution is 6.18. The highest BCUT2D eigenvalue weighted by Gasteiger charge is 2.44. The first kappa shape index (κ1) is 24.1. The number of carbonyl (C=O) groups is 2. The van der Waals surface area contributed by atoms with Crippen LogP contribution in [0.15, 0.2) is 0 Å². The quantitative estimate of drug-likeness (QED) is 0.215. The van der Waals surface area contributed by atoms with Crippen molar-refractivity contribution >= 4 is 23.7 Å². The monoisotopic (exact) mass is 403 g/mol. The maximum atomic E-state index is 12.5. The minimum Gasteiger partial charge on any atom is -0.464 e. The minimum absolute atomic E-state index is 0.136. The van der Waals surface area contributed by atoms with Gasteiger partial charge in [-0.25, -0.2) is 9.59 Å². The number of amides is 1. The molecule has 0 spiro atoms. The van der Waals surface area contributed by atoms with E-state index >= 15 is 0 Å². The number of unbranched alkanes of at least 4 members (excludes halogenated alkanes) is 9. The number of esters is 1. The lowest BCUT2D eigenvalue weighted by atomic mass is 9.98. The number of nitrogens with one attached hydrogen (secondary N) is 1. The number of halogens is 1. The van der Waals surface area contributed by atoms with Gasteiger partial charge < -0.3 is 14.8 Å². The standard InChI is InChI=1S/C21H38ClNO4/c1-2-3-4-5-6-7-8-9-10-13-17-26-19(24)21(14-11-12-15-21)23-20(25)27-18-16-22/h2-18H2,1H3,(H,23,25). The highest BCUT2D eigenvalue weighted by Crippen LogP contribution is 2.31. The maximum absolute atomic E-state index is 12.5. The van der Waals surface area contributed by atoms with Gasteiger partial charge in [0.25, 0.3) is 0 Å². The average Bonchev–Trinajstić information content (AvgIpc) is 3.14. The summed E-state index contributed by atoms with van der Waals surface area (Å²) in [7, 11) is 0. The fourth-order valence-corrected chi connectivity index (χ4v) is 3.69. The first-order valence-electron chi connectivity index (χ1n) is 10.8. The van der Waals surface area contributed by atoms with Crippen LogP contribution in [0.4, 0.5) is 4.79 Å². The SMILES string of the molecule is CCCCCCCCCCCCOC(=O)C1(NC(=O)OCCCl)CCCC1. The van der Waals surface area contributed by atoms with Crippen LogP contribution in [0.5, 0.6) is 0 Å². The van der Waals surface area contributed by atoms with Crippen LogP contribution in [0.3, 0.4) is 0 Å². The summed E-state index contributed by atoms with van der Waals surface area (Å²) in [4.78, 5) is 24.3. The molecule has 1 fully saturated rings. The van der Waals surface area contributed by atoms with E-state index in [0.717, 1.165) is 25.7 Å². The van der Waals surface area contributed by atoms with Gasteiger partial charge in [-0.05, 0) is 19.3 Å². The Morgan fingerprint density at radius 3 is 1.96 bits per heavy atom. The Labute approximate surface area is 169 Å². The number of hydrogen-bond acceptors (Lipinski definition) is 4. The van der Waals surface area contributed by atoms with Gasteiger partial charge in [-0.1, -0.05) is 77.6 Å². The Balaban J connectivity index is 2.13. The molecule has 5 nitrogen and oxygen atoms in total. The third-order valence-electron chi connectivity index (χ3n) is 5.23. The fourth-order valence-electron chi connectivity index (χ4n) is 3.61. The Kier molecular flexibility index (Phi) is 13.4. The molecule has 158 valence electrons. The van der Waals surface area contributed by atoms with E-state index in [9.17, 15) is 9.59 Å². The summed E-state index contributed by atoms with van der Waals surface area (Å²) in [5.74, 6) is -0.0809. The van der Waals surface area contributed by atoms with Gasteiger partial charge in [0.15, 0.2) is 0 Å². The summed E-state index contributed by atoms with van der Waals surface area (Å²) in [5, 5.41) is 2.72. The Morgan fingerprint density at radius 1 is 0.852 bits per heavy atom. The van der Waals surface area contributed by atoms with Gasteiger partial charge in [-0.2, -0.15) is 0 Å². The molecule has 0 aromatic heterocycles. The number of alkyl carbamates (subject to hydrolysis) is 1. The van der Waals surface area contributed by atoms with Crippen LogP contribution in [0.25, 0.3) is 0 Å². The lowest BCUT2D eigenvalue weighted by Gasteiger charge is -2.27. The van der Waals surface area contributed by atoms with Gasteiger partial charge in [-0.15, -0.1) is 11.6 Å². The van der Waals surface area contributed by atoms with Crippen molar-refractivity contribution in [3.8, 4) is 0 Å². The predicted molar refractivity (Wildman–Crippen MR) is 109 cm³/mol. The zero-order valence-electron chi connectivity index (χ0n) is 17.0. The lowest BCUT2D eigenvalue weighted by Crippen LogP contribution is -2.53. The maximum Gasteiger partial charge on any atom is 0.408 e. The number of alkyl halides is 1. The topological polar surface area (TPSA) is 64.6 Å². The fraction of sp³-hybridized carbons (Fsp3) is 0.905. The number of carbonyl (C=O) groups excluding carboxylic acids is 2. The lowest BCUT2D eigenvalue weighted by molar-refractivity contribution is -0.151. The van der Waals surface area contributed by atoms with Gasteiger partial charge >= 0.3 is 12.1 Å². The molecule has 0 saturated heterocycles. The van der Waals surface area contributed by atoms with Crippen molar-refractivity contribution in [3.63, 3.8) is 0 Å². The van der Waals surface area contributed by atoms with Gasteiger partial charge in [0, 0.05) is 0 Å². The second kappa shape index (κ2) is 15.0. The van der Waals surface area contributed by atoms with E-state index in [-0.39, 0.29) is 18.5 Å². The summed E-state index contributed by atoms with van der Waals surface area (Å²) in [6, 6.07) is 0. The second-order valence-electron chi connectivity index (χ2n) is 7.56. The molecule has 0 aromatic carbocycles. The van der Waals surface area contributed by atoms with E-state index in [1.54, 1.807) is 0 Å². The van der Waals surface area contributed by atoms with Gasteiger partial charge in [-0.3, -0.25) is 0 Å². The molecule has 0 bridgehead atoms.